The van der Waals surface area contributed by atoms with Crippen LogP contribution < -0.4 is 4.90 Å². The SMILES string of the molecule is c1ccc(-c2nc(-c3ccc(N(c4ccc(-c5nc6ccccc6o5)cc4)c4ccc5cnccc5c4)cc3)cc3cccnc23)cc1. The maximum absolute atomic E-state index is 6.05. The van der Waals surface area contributed by atoms with Crippen molar-refractivity contribution in [2.24, 2.45) is 0 Å². The summed E-state index contributed by atoms with van der Waals surface area (Å²) in [5.41, 5.74) is 10.3. The second kappa shape index (κ2) is 11.6. The van der Waals surface area contributed by atoms with Crippen LogP contribution in [0.2, 0.25) is 0 Å². The molecule has 0 amide bonds. The van der Waals surface area contributed by atoms with E-state index in [0.29, 0.717) is 5.89 Å². The van der Waals surface area contributed by atoms with E-state index in [-0.39, 0.29) is 0 Å². The molecule has 6 heteroatoms. The standard InChI is InChI=1S/C42H27N5O/c1-2-7-29(8-3-1)41-40-32(9-6-23-44-40)26-38(45-41)28-12-17-34(18-13-28)47(36-21-16-33-27-43-24-22-31(33)25-36)35-19-14-30(15-20-35)42-46-37-10-4-5-11-39(37)48-42/h1-27H. The molecule has 0 fully saturated rings. The smallest absolute Gasteiger partial charge is 0.227 e. The van der Waals surface area contributed by atoms with Crippen LogP contribution >= 0.6 is 0 Å². The summed E-state index contributed by atoms with van der Waals surface area (Å²) in [7, 11) is 0. The van der Waals surface area contributed by atoms with E-state index in [1.165, 1.54) is 0 Å². The molecule has 0 unspecified atom stereocenters. The fourth-order valence-corrected chi connectivity index (χ4v) is 6.22. The van der Waals surface area contributed by atoms with Crippen molar-refractivity contribution in [2.75, 3.05) is 4.90 Å². The lowest BCUT2D eigenvalue weighted by molar-refractivity contribution is 0.620. The van der Waals surface area contributed by atoms with Crippen LogP contribution in [-0.4, -0.2) is 19.9 Å². The molecule has 4 aromatic heterocycles. The minimum atomic E-state index is 0.602. The number of oxazole rings is 1. The van der Waals surface area contributed by atoms with Crippen molar-refractivity contribution in [1.29, 1.82) is 0 Å². The molecular weight excluding hydrogens is 590 g/mol. The van der Waals surface area contributed by atoms with E-state index < -0.39 is 0 Å². The summed E-state index contributed by atoms with van der Waals surface area (Å²) in [6.45, 7) is 0. The molecule has 6 nitrogen and oxygen atoms in total. The normalized spacial score (nSPS) is 11.3. The van der Waals surface area contributed by atoms with Crippen molar-refractivity contribution in [3.63, 3.8) is 0 Å². The van der Waals surface area contributed by atoms with E-state index in [0.717, 1.165) is 77.9 Å². The summed E-state index contributed by atoms with van der Waals surface area (Å²) in [6.07, 6.45) is 5.54. The van der Waals surface area contributed by atoms with Gasteiger partial charge in [-0.25, -0.2) is 9.97 Å². The molecule has 0 aliphatic heterocycles. The summed E-state index contributed by atoms with van der Waals surface area (Å²) >= 11 is 0. The Kier molecular flexibility index (Phi) is 6.68. The average molecular weight is 618 g/mol. The fourth-order valence-electron chi connectivity index (χ4n) is 6.22. The topological polar surface area (TPSA) is 67.9 Å². The number of pyridine rings is 3. The van der Waals surface area contributed by atoms with Crippen molar-refractivity contribution in [3.05, 3.63) is 164 Å². The number of para-hydroxylation sites is 2. The van der Waals surface area contributed by atoms with E-state index in [4.69, 9.17) is 14.4 Å². The maximum atomic E-state index is 6.05. The quantitative estimate of drug-likeness (QED) is 0.185. The van der Waals surface area contributed by atoms with E-state index in [2.05, 4.69) is 106 Å². The number of aromatic nitrogens is 4. The van der Waals surface area contributed by atoms with E-state index >= 15 is 0 Å². The second-order valence-corrected chi connectivity index (χ2v) is 11.6. The number of benzene rings is 5. The third kappa shape index (κ3) is 5.02. The molecule has 0 N–H and O–H groups in total. The molecule has 5 aromatic carbocycles. The summed E-state index contributed by atoms with van der Waals surface area (Å²) in [5, 5.41) is 3.26. The van der Waals surface area contributed by atoms with Gasteiger partial charge in [-0.15, -0.1) is 0 Å². The Morgan fingerprint density at radius 1 is 0.500 bits per heavy atom. The van der Waals surface area contributed by atoms with Gasteiger partial charge in [-0.1, -0.05) is 66.7 Å². The summed E-state index contributed by atoms with van der Waals surface area (Å²) in [5.74, 6) is 0.602. The Morgan fingerprint density at radius 3 is 2.06 bits per heavy atom. The van der Waals surface area contributed by atoms with Gasteiger partial charge in [0.05, 0.1) is 16.9 Å². The van der Waals surface area contributed by atoms with Crippen LogP contribution in [0.4, 0.5) is 17.1 Å². The van der Waals surface area contributed by atoms with Gasteiger partial charge in [-0.3, -0.25) is 9.97 Å². The van der Waals surface area contributed by atoms with Gasteiger partial charge in [0.25, 0.3) is 0 Å². The van der Waals surface area contributed by atoms with Gasteiger partial charge in [-0.2, -0.15) is 0 Å². The zero-order valence-electron chi connectivity index (χ0n) is 25.7. The largest absolute Gasteiger partial charge is 0.436 e. The van der Waals surface area contributed by atoms with Crippen LogP contribution in [0.25, 0.3) is 66.7 Å². The second-order valence-electron chi connectivity index (χ2n) is 11.6. The number of rotatable bonds is 6. The lowest BCUT2D eigenvalue weighted by atomic mass is 10.0. The molecule has 4 heterocycles. The third-order valence-corrected chi connectivity index (χ3v) is 8.60. The van der Waals surface area contributed by atoms with Gasteiger partial charge in [-0.05, 0) is 84.2 Å². The highest BCUT2D eigenvalue weighted by Crippen LogP contribution is 2.38. The van der Waals surface area contributed by atoms with Gasteiger partial charge >= 0.3 is 0 Å². The van der Waals surface area contributed by atoms with E-state index in [9.17, 15) is 0 Å². The summed E-state index contributed by atoms with van der Waals surface area (Å²) in [4.78, 5) is 21.0. The molecule has 0 saturated heterocycles. The molecular formula is C42H27N5O. The molecule has 0 radical (unpaired) electrons. The molecule has 9 aromatic rings. The first-order chi connectivity index (χ1) is 23.8. The molecule has 0 aliphatic rings. The van der Waals surface area contributed by atoms with Gasteiger partial charge in [0.15, 0.2) is 5.58 Å². The monoisotopic (exact) mass is 617 g/mol. The lowest BCUT2D eigenvalue weighted by Gasteiger charge is -2.26. The highest BCUT2D eigenvalue weighted by atomic mass is 16.3. The van der Waals surface area contributed by atoms with E-state index in [1.54, 1.807) is 0 Å². The first-order valence-electron chi connectivity index (χ1n) is 15.8. The summed E-state index contributed by atoms with van der Waals surface area (Å²) in [6, 6.07) is 49.7. The average Bonchev–Trinajstić information content (AvgIpc) is 3.60. The molecule has 226 valence electrons. The third-order valence-electron chi connectivity index (χ3n) is 8.60. The Labute approximate surface area is 276 Å². The van der Waals surface area contributed by atoms with Crippen LogP contribution in [0.15, 0.2) is 169 Å². The van der Waals surface area contributed by atoms with Crippen molar-refractivity contribution >= 4 is 49.8 Å². The molecule has 0 spiro atoms. The highest BCUT2D eigenvalue weighted by Gasteiger charge is 2.16. The molecule has 0 aliphatic carbocycles. The zero-order chi connectivity index (χ0) is 31.9. The van der Waals surface area contributed by atoms with Crippen molar-refractivity contribution in [3.8, 4) is 34.0 Å². The highest BCUT2D eigenvalue weighted by molar-refractivity contribution is 5.94. The summed E-state index contributed by atoms with van der Waals surface area (Å²) < 4.78 is 6.05. The lowest BCUT2D eigenvalue weighted by Crippen LogP contribution is -2.10. The van der Waals surface area contributed by atoms with Gasteiger partial charge in [0.2, 0.25) is 5.89 Å². The Morgan fingerprint density at radius 2 is 1.25 bits per heavy atom. The molecule has 0 bridgehead atoms. The molecule has 9 rings (SSSR count). The number of hydrogen-bond acceptors (Lipinski definition) is 6. The molecule has 0 atom stereocenters. The van der Waals surface area contributed by atoms with Crippen LogP contribution in [0.1, 0.15) is 0 Å². The van der Waals surface area contributed by atoms with E-state index in [1.807, 2.05) is 73.2 Å². The minimum Gasteiger partial charge on any atom is -0.436 e. The Balaban J connectivity index is 1.13. The predicted molar refractivity (Wildman–Crippen MR) is 193 cm³/mol. The molecule has 48 heavy (non-hydrogen) atoms. The zero-order valence-corrected chi connectivity index (χ0v) is 25.7. The first kappa shape index (κ1) is 27.6. The van der Waals surface area contributed by atoms with Crippen LogP contribution in [-0.2, 0) is 0 Å². The Bertz CT molecular complexity index is 2530. The predicted octanol–water partition coefficient (Wildman–Crippen LogP) is 10.8. The maximum Gasteiger partial charge on any atom is 0.227 e. The fraction of sp³-hybridized carbons (Fsp3) is 0. The molecule has 0 saturated carbocycles. The van der Waals surface area contributed by atoms with Crippen LogP contribution in [0.3, 0.4) is 0 Å². The van der Waals surface area contributed by atoms with Crippen LogP contribution in [0.5, 0.6) is 0 Å². The Hall–Kier alpha value is -6.66. The number of fused-ring (bicyclic) bond motifs is 3. The van der Waals surface area contributed by atoms with Gasteiger partial charge in [0, 0.05) is 63.1 Å². The first-order valence-corrected chi connectivity index (χ1v) is 15.8. The minimum absolute atomic E-state index is 0.602. The number of hydrogen-bond donors (Lipinski definition) is 0. The van der Waals surface area contributed by atoms with Crippen LogP contribution in [0, 0.1) is 0 Å². The van der Waals surface area contributed by atoms with Gasteiger partial charge in [0.1, 0.15) is 5.52 Å². The van der Waals surface area contributed by atoms with Crippen molar-refractivity contribution in [2.45, 2.75) is 0 Å². The van der Waals surface area contributed by atoms with Crippen molar-refractivity contribution in [1.82, 2.24) is 19.9 Å². The number of nitrogens with zero attached hydrogens (tertiary/aromatic N) is 5. The van der Waals surface area contributed by atoms with Gasteiger partial charge < -0.3 is 9.32 Å². The van der Waals surface area contributed by atoms with Crippen molar-refractivity contribution < 1.29 is 4.42 Å². The number of anilines is 3.